The van der Waals surface area contributed by atoms with E-state index in [1.807, 2.05) is 4.57 Å². The zero-order valence-corrected chi connectivity index (χ0v) is 11.6. The van der Waals surface area contributed by atoms with Crippen LogP contribution in [-0.4, -0.2) is 19.6 Å². The monoisotopic (exact) mass is 295 g/mol. The number of phenols is 1. The Kier molecular flexibility index (Phi) is 3.57. The van der Waals surface area contributed by atoms with E-state index in [1.165, 1.54) is 6.07 Å². The van der Waals surface area contributed by atoms with Gasteiger partial charge in [-0.2, -0.15) is 0 Å². The van der Waals surface area contributed by atoms with Gasteiger partial charge in [0.05, 0.1) is 11.5 Å². The van der Waals surface area contributed by atoms with Crippen LogP contribution in [0.3, 0.4) is 0 Å². The van der Waals surface area contributed by atoms with Gasteiger partial charge >= 0.3 is 0 Å². The van der Waals surface area contributed by atoms with Crippen LogP contribution in [0, 0.1) is 10.1 Å². The van der Waals surface area contributed by atoms with Gasteiger partial charge in [-0.05, 0) is 24.3 Å². The second-order valence-corrected chi connectivity index (χ2v) is 4.81. The van der Waals surface area contributed by atoms with Gasteiger partial charge in [0.15, 0.2) is 0 Å². The summed E-state index contributed by atoms with van der Waals surface area (Å²) < 4.78 is 1.84. The Hall–Kier alpha value is -3.15. The predicted octanol–water partition coefficient (Wildman–Crippen LogP) is 3.21. The molecule has 1 heterocycles. The highest BCUT2D eigenvalue weighted by Gasteiger charge is 2.14. The number of phenolic OH excluding ortho intramolecular Hbond substituents is 1. The largest absolute Gasteiger partial charge is 0.508 e. The maximum Gasteiger partial charge on any atom is 0.274 e. The molecule has 0 radical (unpaired) electrons. The first kappa shape index (κ1) is 13.8. The lowest BCUT2D eigenvalue weighted by Crippen LogP contribution is -2.04. The number of nitro groups is 1. The van der Waals surface area contributed by atoms with Gasteiger partial charge in [0, 0.05) is 29.6 Å². The molecule has 0 saturated heterocycles. The average molecular weight is 295 g/mol. The van der Waals surface area contributed by atoms with Crippen molar-refractivity contribution in [3.8, 4) is 17.1 Å². The van der Waals surface area contributed by atoms with Crippen molar-refractivity contribution in [3.05, 3.63) is 76.6 Å². The van der Waals surface area contributed by atoms with E-state index in [9.17, 15) is 15.2 Å². The Balaban J connectivity index is 1.97. The third-order valence-electron chi connectivity index (χ3n) is 3.37. The molecule has 0 atom stereocenters. The second-order valence-electron chi connectivity index (χ2n) is 4.81. The molecular weight excluding hydrogens is 282 g/mol. The fraction of sp³-hybridized carbons (Fsp3) is 0.0625. The zero-order valence-electron chi connectivity index (χ0n) is 11.6. The summed E-state index contributed by atoms with van der Waals surface area (Å²) in [5.41, 5.74) is 1.54. The van der Waals surface area contributed by atoms with Gasteiger partial charge in [0.1, 0.15) is 11.6 Å². The number of aromatic hydroxyl groups is 1. The standard InChI is InChI=1S/C16H13N3O3/c20-14-7-5-12(6-8-14)16-17-9-10-18(16)11-13-3-1-2-4-15(13)19(21)22/h1-10,20H,11H2. The van der Waals surface area contributed by atoms with E-state index in [0.717, 1.165) is 5.56 Å². The van der Waals surface area contributed by atoms with Crippen molar-refractivity contribution in [2.45, 2.75) is 6.54 Å². The summed E-state index contributed by atoms with van der Waals surface area (Å²) in [4.78, 5) is 15.0. The lowest BCUT2D eigenvalue weighted by atomic mass is 10.1. The summed E-state index contributed by atoms with van der Waals surface area (Å²) in [6, 6.07) is 13.3. The number of para-hydroxylation sites is 1. The van der Waals surface area contributed by atoms with Crippen molar-refractivity contribution in [1.29, 1.82) is 0 Å². The molecule has 3 rings (SSSR count). The average Bonchev–Trinajstić information content (AvgIpc) is 2.96. The Morgan fingerprint density at radius 2 is 1.86 bits per heavy atom. The van der Waals surface area contributed by atoms with E-state index in [-0.39, 0.29) is 16.4 Å². The fourth-order valence-electron chi connectivity index (χ4n) is 2.31. The molecule has 0 aliphatic heterocycles. The molecule has 22 heavy (non-hydrogen) atoms. The number of hydrogen-bond donors (Lipinski definition) is 1. The van der Waals surface area contributed by atoms with Crippen LogP contribution in [0.4, 0.5) is 5.69 Å². The molecule has 2 aromatic carbocycles. The molecule has 0 spiro atoms. The summed E-state index contributed by atoms with van der Waals surface area (Å²) in [5.74, 6) is 0.874. The summed E-state index contributed by atoms with van der Waals surface area (Å²) in [6.07, 6.45) is 3.43. The second kappa shape index (κ2) is 5.69. The lowest BCUT2D eigenvalue weighted by Gasteiger charge is -2.08. The van der Waals surface area contributed by atoms with E-state index in [2.05, 4.69) is 4.98 Å². The van der Waals surface area contributed by atoms with Gasteiger partial charge in [0.2, 0.25) is 0 Å². The first-order valence-corrected chi connectivity index (χ1v) is 6.68. The first-order chi connectivity index (χ1) is 10.6. The zero-order chi connectivity index (χ0) is 15.5. The third kappa shape index (κ3) is 2.67. The molecule has 6 heteroatoms. The van der Waals surface area contributed by atoms with Crippen LogP contribution < -0.4 is 0 Å². The molecule has 0 aliphatic rings. The molecule has 6 nitrogen and oxygen atoms in total. The smallest absolute Gasteiger partial charge is 0.274 e. The number of nitrogens with zero attached hydrogens (tertiary/aromatic N) is 3. The normalized spacial score (nSPS) is 10.5. The molecule has 1 aromatic heterocycles. The Morgan fingerprint density at radius 3 is 2.59 bits per heavy atom. The van der Waals surface area contributed by atoms with Crippen molar-refractivity contribution in [3.63, 3.8) is 0 Å². The Labute approximate surface area is 126 Å². The van der Waals surface area contributed by atoms with Crippen LogP contribution in [0.2, 0.25) is 0 Å². The van der Waals surface area contributed by atoms with Crippen molar-refractivity contribution in [2.75, 3.05) is 0 Å². The highest BCUT2D eigenvalue weighted by molar-refractivity contribution is 5.57. The van der Waals surface area contributed by atoms with E-state index in [4.69, 9.17) is 0 Å². The van der Waals surface area contributed by atoms with Crippen LogP contribution in [0.5, 0.6) is 5.75 Å². The number of aromatic nitrogens is 2. The first-order valence-electron chi connectivity index (χ1n) is 6.68. The van der Waals surface area contributed by atoms with Crippen LogP contribution in [0.25, 0.3) is 11.4 Å². The number of rotatable bonds is 4. The maximum atomic E-state index is 11.1. The van der Waals surface area contributed by atoms with Gasteiger partial charge in [-0.15, -0.1) is 0 Å². The summed E-state index contributed by atoms with van der Waals surface area (Å²) in [6.45, 7) is 0.355. The number of hydrogen-bond acceptors (Lipinski definition) is 4. The van der Waals surface area contributed by atoms with Crippen LogP contribution >= 0.6 is 0 Å². The van der Waals surface area contributed by atoms with Crippen molar-refractivity contribution < 1.29 is 10.0 Å². The Morgan fingerprint density at radius 1 is 1.14 bits per heavy atom. The fourth-order valence-corrected chi connectivity index (χ4v) is 2.31. The Bertz CT molecular complexity index is 810. The summed E-state index contributed by atoms with van der Waals surface area (Å²) >= 11 is 0. The van der Waals surface area contributed by atoms with E-state index < -0.39 is 0 Å². The van der Waals surface area contributed by atoms with Gasteiger partial charge in [-0.25, -0.2) is 4.98 Å². The summed E-state index contributed by atoms with van der Waals surface area (Å²) in [5, 5.41) is 20.4. The molecular formula is C16H13N3O3. The van der Waals surface area contributed by atoms with Crippen molar-refractivity contribution in [2.24, 2.45) is 0 Å². The molecule has 0 saturated carbocycles. The minimum absolute atomic E-state index is 0.0906. The highest BCUT2D eigenvalue weighted by Crippen LogP contribution is 2.24. The number of benzene rings is 2. The highest BCUT2D eigenvalue weighted by atomic mass is 16.6. The molecule has 1 N–H and O–H groups in total. The topological polar surface area (TPSA) is 81.2 Å². The molecule has 0 aliphatic carbocycles. The van der Waals surface area contributed by atoms with Gasteiger partial charge < -0.3 is 9.67 Å². The molecule has 0 fully saturated rings. The van der Waals surface area contributed by atoms with Crippen molar-refractivity contribution in [1.82, 2.24) is 9.55 Å². The molecule has 0 amide bonds. The quantitative estimate of drug-likeness (QED) is 0.592. The van der Waals surface area contributed by atoms with E-state index in [0.29, 0.717) is 17.9 Å². The third-order valence-corrected chi connectivity index (χ3v) is 3.37. The number of imidazole rings is 1. The summed E-state index contributed by atoms with van der Waals surface area (Å²) in [7, 11) is 0. The SMILES string of the molecule is O=[N+]([O-])c1ccccc1Cn1ccnc1-c1ccc(O)cc1. The molecule has 0 bridgehead atoms. The van der Waals surface area contributed by atoms with Crippen LogP contribution in [-0.2, 0) is 6.54 Å². The van der Waals surface area contributed by atoms with Gasteiger partial charge in [0.25, 0.3) is 5.69 Å². The van der Waals surface area contributed by atoms with Crippen LogP contribution in [0.1, 0.15) is 5.56 Å². The lowest BCUT2D eigenvalue weighted by molar-refractivity contribution is -0.385. The minimum atomic E-state index is -0.382. The van der Waals surface area contributed by atoms with Crippen molar-refractivity contribution >= 4 is 5.69 Å². The minimum Gasteiger partial charge on any atom is -0.508 e. The van der Waals surface area contributed by atoms with Gasteiger partial charge in [-0.3, -0.25) is 10.1 Å². The van der Waals surface area contributed by atoms with Crippen LogP contribution in [0.15, 0.2) is 60.9 Å². The molecule has 0 unspecified atom stereocenters. The molecule has 3 aromatic rings. The van der Waals surface area contributed by atoms with E-state index >= 15 is 0 Å². The maximum absolute atomic E-state index is 11.1. The van der Waals surface area contributed by atoms with E-state index in [1.54, 1.807) is 54.9 Å². The molecule has 110 valence electrons. The van der Waals surface area contributed by atoms with Gasteiger partial charge in [-0.1, -0.05) is 18.2 Å². The number of nitro benzene ring substituents is 1. The predicted molar refractivity (Wildman–Crippen MR) is 81.5 cm³/mol.